The van der Waals surface area contributed by atoms with Crippen LogP contribution in [0.4, 0.5) is 14.5 Å². The van der Waals surface area contributed by atoms with E-state index in [1.807, 2.05) is 0 Å². The summed E-state index contributed by atoms with van der Waals surface area (Å²) in [5, 5.41) is 2.22. The van der Waals surface area contributed by atoms with E-state index >= 15 is 0 Å². The molecule has 1 saturated heterocycles. The highest BCUT2D eigenvalue weighted by Crippen LogP contribution is 2.31. The Kier molecular flexibility index (Phi) is 6.95. The van der Waals surface area contributed by atoms with Crippen molar-refractivity contribution in [3.8, 4) is 5.75 Å². The number of hydrogen-bond donors (Lipinski definition) is 1. The summed E-state index contributed by atoms with van der Waals surface area (Å²) in [4.78, 5) is 12.6. The van der Waals surface area contributed by atoms with Crippen LogP contribution in [0.1, 0.15) is 36.5 Å². The number of hydrogen-bond acceptors (Lipinski definition) is 4. The summed E-state index contributed by atoms with van der Waals surface area (Å²) < 4.78 is 59.7. The van der Waals surface area contributed by atoms with Crippen molar-refractivity contribution in [2.75, 3.05) is 25.0 Å². The average Bonchev–Trinajstić information content (AvgIpc) is 2.72. The number of benzene rings is 2. The van der Waals surface area contributed by atoms with Gasteiger partial charge in [0, 0.05) is 13.1 Å². The van der Waals surface area contributed by atoms with Gasteiger partial charge < -0.3 is 10.1 Å². The van der Waals surface area contributed by atoms with Crippen LogP contribution in [0.15, 0.2) is 35.2 Å². The largest absolute Gasteiger partial charge is 0.492 e. The molecular weight excluding hydrogens is 438 g/mol. The minimum atomic E-state index is -3.75. The Bertz CT molecular complexity index is 1060. The minimum Gasteiger partial charge on any atom is -0.492 e. The van der Waals surface area contributed by atoms with Crippen LogP contribution in [0.5, 0.6) is 5.75 Å². The lowest BCUT2D eigenvalue weighted by Gasteiger charge is -2.26. The number of piperidine rings is 1. The van der Waals surface area contributed by atoms with Crippen LogP contribution < -0.4 is 10.1 Å². The molecule has 0 radical (unpaired) electrons. The molecule has 0 unspecified atom stereocenters. The lowest BCUT2D eigenvalue weighted by Crippen LogP contribution is -2.35. The number of halogens is 3. The monoisotopic (exact) mass is 458 g/mol. The van der Waals surface area contributed by atoms with Crippen molar-refractivity contribution in [1.82, 2.24) is 4.31 Å². The van der Waals surface area contributed by atoms with Crippen molar-refractivity contribution in [1.29, 1.82) is 0 Å². The van der Waals surface area contributed by atoms with E-state index in [9.17, 15) is 22.0 Å². The number of rotatable bonds is 6. The lowest BCUT2D eigenvalue weighted by atomic mass is 10.2. The molecule has 10 heteroatoms. The van der Waals surface area contributed by atoms with Crippen molar-refractivity contribution in [3.63, 3.8) is 0 Å². The van der Waals surface area contributed by atoms with Gasteiger partial charge in [0.15, 0.2) is 11.6 Å². The summed E-state index contributed by atoms with van der Waals surface area (Å²) in [6.45, 7) is 2.87. The fourth-order valence-electron chi connectivity index (χ4n) is 3.19. The van der Waals surface area contributed by atoms with Gasteiger partial charge in [-0.3, -0.25) is 4.79 Å². The van der Waals surface area contributed by atoms with Gasteiger partial charge in [-0.25, -0.2) is 17.2 Å². The third kappa shape index (κ3) is 4.74. The zero-order chi connectivity index (χ0) is 21.9. The molecule has 1 aliphatic heterocycles. The molecule has 1 amide bonds. The van der Waals surface area contributed by atoms with Gasteiger partial charge in [-0.15, -0.1) is 0 Å². The van der Waals surface area contributed by atoms with E-state index in [1.54, 1.807) is 6.92 Å². The zero-order valence-corrected chi connectivity index (χ0v) is 17.8. The molecule has 1 fully saturated rings. The summed E-state index contributed by atoms with van der Waals surface area (Å²) in [5.41, 5.74) is -0.206. The molecule has 30 heavy (non-hydrogen) atoms. The summed E-state index contributed by atoms with van der Waals surface area (Å²) in [6.07, 6.45) is 2.55. The molecule has 3 rings (SSSR count). The number of amides is 1. The van der Waals surface area contributed by atoms with E-state index in [1.165, 1.54) is 22.5 Å². The van der Waals surface area contributed by atoms with Crippen LogP contribution in [0.2, 0.25) is 5.02 Å². The van der Waals surface area contributed by atoms with Gasteiger partial charge in [0.05, 0.1) is 27.8 Å². The van der Waals surface area contributed by atoms with E-state index < -0.39 is 27.6 Å². The smallest absolute Gasteiger partial charge is 0.257 e. The summed E-state index contributed by atoms with van der Waals surface area (Å²) >= 11 is 5.87. The lowest BCUT2D eigenvalue weighted by molar-refractivity contribution is 0.102. The summed E-state index contributed by atoms with van der Waals surface area (Å²) in [6, 6.07) is 5.53. The highest BCUT2D eigenvalue weighted by Gasteiger charge is 2.27. The van der Waals surface area contributed by atoms with Gasteiger partial charge in [0.2, 0.25) is 10.0 Å². The van der Waals surface area contributed by atoms with Gasteiger partial charge in [0.25, 0.3) is 5.91 Å². The number of anilines is 1. The topological polar surface area (TPSA) is 75.7 Å². The second-order valence-electron chi connectivity index (χ2n) is 6.76. The van der Waals surface area contributed by atoms with Gasteiger partial charge in [-0.2, -0.15) is 4.31 Å². The second-order valence-corrected chi connectivity index (χ2v) is 9.10. The SMILES string of the molecule is CCOc1ccc(S(=O)(=O)N2CCCCC2)cc1NC(=O)c1cc(F)c(F)cc1Cl. The number of carbonyl (C=O) groups is 1. The van der Waals surface area contributed by atoms with Crippen molar-refractivity contribution < 1.29 is 26.7 Å². The number of ether oxygens (including phenoxy) is 1. The van der Waals surface area contributed by atoms with Gasteiger partial charge >= 0.3 is 0 Å². The van der Waals surface area contributed by atoms with Gasteiger partial charge in [0.1, 0.15) is 5.75 Å². The first-order valence-corrected chi connectivity index (χ1v) is 11.3. The molecular formula is C20H21ClF2N2O4S. The normalized spacial score (nSPS) is 15.1. The van der Waals surface area contributed by atoms with Crippen molar-refractivity contribution in [2.24, 2.45) is 0 Å². The Hall–Kier alpha value is -2.23. The quantitative estimate of drug-likeness (QED) is 0.649. The molecule has 0 spiro atoms. The van der Waals surface area contributed by atoms with Crippen LogP contribution >= 0.6 is 11.6 Å². The first kappa shape index (κ1) is 22.5. The maximum atomic E-state index is 13.6. The Morgan fingerprint density at radius 2 is 1.80 bits per heavy atom. The first-order chi connectivity index (χ1) is 14.2. The predicted molar refractivity (Wildman–Crippen MR) is 110 cm³/mol. The number of nitrogens with zero attached hydrogens (tertiary/aromatic N) is 1. The van der Waals surface area contributed by atoms with Crippen molar-refractivity contribution in [2.45, 2.75) is 31.1 Å². The Labute approximate surface area is 178 Å². The molecule has 0 aliphatic carbocycles. The van der Waals surface area contributed by atoms with E-state index in [0.29, 0.717) is 25.2 Å². The summed E-state index contributed by atoms with van der Waals surface area (Å²) in [5.74, 6) is -2.99. The molecule has 1 heterocycles. The minimum absolute atomic E-state index is 0.000429. The molecule has 6 nitrogen and oxygen atoms in total. The van der Waals surface area contributed by atoms with Crippen LogP contribution in [-0.2, 0) is 10.0 Å². The fraction of sp³-hybridized carbons (Fsp3) is 0.350. The second kappa shape index (κ2) is 9.28. The standard InChI is InChI=1S/C20H21ClF2N2O4S/c1-2-29-19-7-6-13(30(27,28)25-8-4-3-5-9-25)10-18(19)24-20(26)14-11-16(22)17(23)12-15(14)21/h6-7,10-12H,2-5,8-9H2,1H3,(H,24,26). The first-order valence-electron chi connectivity index (χ1n) is 9.47. The van der Waals surface area contributed by atoms with Crippen LogP contribution in [0.25, 0.3) is 0 Å². The van der Waals surface area contributed by atoms with E-state index in [-0.39, 0.29) is 33.5 Å². The summed E-state index contributed by atoms with van der Waals surface area (Å²) in [7, 11) is -3.75. The molecule has 0 aromatic heterocycles. The number of nitrogens with one attached hydrogen (secondary N) is 1. The number of carbonyl (C=O) groups excluding carboxylic acids is 1. The third-order valence-electron chi connectivity index (χ3n) is 4.71. The molecule has 2 aromatic carbocycles. The Balaban J connectivity index is 1.95. The molecule has 0 atom stereocenters. The third-order valence-corrected chi connectivity index (χ3v) is 6.91. The van der Waals surface area contributed by atoms with E-state index in [4.69, 9.17) is 16.3 Å². The van der Waals surface area contributed by atoms with Crippen LogP contribution in [0, 0.1) is 11.6 Å². The van der Waals surface area contributed by atoms with Crippen molar-refractivity contribution >= 4 is 33.2 Å². The molecule has 1 aliphatic rings. The van der Waals surface area contributed by atoms with Crippen molar-refractivity contribution in [3.05, 3.63) is 52.6 Å². The molecule has 0 bridgehead atoms. The molecule has 2 aromatic rings. The molecule has 162 valence electrons. The molecule has 0 saturated carbocycles. The predicted octanol–water partition coefficient (Wildman–Crippen LogP) is 4.44. The maximum Gasteiger partial charge on any atom is 0.257 e. The Morgan fingerprint density at radius 3 is 2.47 bits per heavy atom. The van der Waals surface area contributed by atoms with Crippen LogP contribution in [-0.4, -0.2) is 38.3 Å². The number of sulfonamides is 1. The average molecular weight is 459 g/mol. The van der Waals surface area contributed by atoms with E-state index in [2.05, 4.69) is 5.32 Å². The highest BCUT2D eigenvalue weighted by atomic mass is 35.5. The van der Waals surface area contributed by atoms with Crippen LogP contribution in [0.3, 0.4) is 0 Å². The zero-order valence-electron chi connectivity index (χ0n) is 16.3. The van der Waals surface area contributed by atoms with Gasteiger partial charge in [-0.05, 0) is 50.1 Å². The fourth-order valence-corrected chi connectivity index (χ4v) is 4.97. The van der Waals surface area contributed by atoms with E-state index in [0.717, 1.165) is 19.3 Å². The Morgan fingerprint density at radius 1 is 1.13 bits per heavy atom. The maximum absolute atomic E-state index is 13.6. The van der Waals surface area contributed by atoms with Gasteiger partial charge in [-0.1, -0.05) is 18.0 Å². The highest BCUT2D eigenvalue weighted by molar-refractivity contribution is 7.89. The molecule has 1 N–H and O–H groups in total.